The van der Waals surface area contributed by atoms with Gasteiger partial charge in [0.1, 0.15) is 11.5 Å². The van der Waals surface area contributed by atoms with E-state index < -0.39 is 5.76 Å². The summed E-state index contributed by atoms with van der Waals surface area (Å²) in [6.07, 6.45) is 0. The van der Waals surface area contributed by atoms with Crippen molar-refractivity contribution < 1.29 is 9.15 Å². The minimum atomic E-state index is -0.432. The summed E-state index contributed by atoms with van der Waals surface area (Å²) in [4.78, 5) is 13.6. The SMILES string of the molecule is COc1ccc(-c2[nH]c(=O)oc2C)cc1. The van der Waals surface area contributed by atoms with Crippen molar-refractivity contribution in [2.45, 2.75) is 6.92 Å². The molecule has 4 nitrogen and oxygen atoms in total. The molecule has 0 aliphatic carbocycles. The van der Waals surface area contributed by atoms with E-state index in [1.165, 1.54) is 0 Å². The summed E-state index contributed by atoms with van der Waals surface area (Å²) in [6.45, 7) is 1.75. The van der Waals surface area contributed by atoms with Gasteiger partial charge in [0.05, 0.1) is 12.8 Å². The quantitative estimate of drug-likeness (QED) is 0.815. The Labute approximate surface area is 86.5 Å². The van der Waals surface area contributed by atoms with Crippen LogP contribution in [0.5, 0.6) is 5.75 Å². The number of benzene rings is 1. The van der Waals surface area contributed by atoms with Crippen LogP contribution in [0.25, 0.3) is 11.3 Å². The van der Waals surface area contributed by atoms with Crippen LogP contribution in [0.4, 0.5) is 0 Å². The maximum absolute atomic E-state index is 11.0. The highest BCUT2D eigenvalue weighted by molar-refractivity contribution is 5.61. The molecule has 1 N–H and O–H groups in total. The minimum absolute atomic E-state index is 0.432. The molecule has 0 spiro atoms. The van der Waals surface area contributed by atoms with Gasteiger partial charge in [0.15, 0.2) is 0 Å². The fourth-order valence-electron chi connectivity index (χ4n) is 1.44. The standard InChI is InChI=1S/C11H11NO3/c1-7-10(12-11(13)15-7)8-3-5-9(14-2)6-4-8/h3-6H,1-2H3,(H,12,13). The van der Waals surface area contributed by atoms with Crippen LogP contribution in [0.1, 0.15) is 5.76 Å². The monoisotopic (exact) mass is 205 g/mol. The van der Waals surface area contributed by atoms with Gasteiger partial charge in [-0.1, -0.05) is 0 Å². The van der Waals surface area contributed by atoms with Crippen molar-refractivity contribution in [3.05, 3.63) is 40.6 Å². The Bertz CT molecular complexity index is 507. The molecule has 0 unspecified atom stereocenters. The van der Waals surface area contributed by atoms with Crippen molar-refractivity contribution in [1.29, 1.82) is 0 Å². The fraction of sp³-hybridized carbons (Fsp3) is 0.182. The first kappa shape index (κ1) is 9.58. The molecule has 0 amide bonds. The molecule has 0 atom stereocenters. The molecular weight excluding hydrogens is 194 g/mol. The van der Waals surface area contributed by atoms with Crippen LogP contribution in [0.3, 0.4) is 0 Å². The molecule has 2 rings (SSSR count). The van der Waals surface area contributed by atoms with Crippen molar-refractivity contribution in [3.8, 4) is 17.0 Å². The Balaban J connectivity index is 2.45. The maximum atomic E-state index is 11.0. The number of aromatic nitrogens is 1. The van der Waals surface area contributed by atoms with Crippen LogP contribution < -0.4 is 10.5 Å². The van der Waals surface area contributed by atoms with Gasteiger partial charge in [-0.15, -0.1) is 0 Å². The average Bonchev–Trinajstić information content (AvgIpc) is 2.58. The summed E-state index contributed by atoms with van der Waals surface area (Å²) in [5.74, 6) is 0.936. The minimum Gasteiger partial charge on any atom is -0.497 e. The molecule has 4 heteroatoms. The Morgan fingerprint density at radius 1 is 1.27 bits per heavy atom. The van der Waals surface area contributed by atoms with E-state index in [4.69, 9.17) is 9.15 Å². The van der Waals surface area contributed by atoms with Crippen LogP contribution in [-0.4, -0.2) is 12.1 Å². The third kappa shape index (κ3) is 1.79. The van der Waals surface area contributed by atoms with Gasteiger partial charge in [-0.05, 0) is 31.2 Å². The third-order valence-electron chi connectivity index (χ3n) is 2.20. The van der Waals surface area contributed by atoms with Crippen molar-refractivity contribution >= 4 is 0 Å². The molecule has 0 aliphatic heterocycles. The van der Waals surface area contributed by atoms with Gasteiger partial charge in [-0.2, -0.15) is 0 Å². The molecule has 1 aromatic carbocycles. The van der Waals surface area contributed by atoms with E-state index in [1.807, 2.05) is 24.3 Å². The van der Waals surface area contributed by atoms with Crippen LogP contribution in [0, 0.1) is 6.92 Å². The third-order valence-corrected chi connectivity index (χ3v) is 2.20. The van der Waals surface area contributed by atoms with E-state index in [1.54, 1.807) is 14.0 Å². The van der Waals surface area contributed by atoms with Crippen LogP contribution in [-0.2, 0) is 0 Å². The van der Waals surface area contributed by atoms with Gasteiger partial charge in [0.25, 0.3) is 0 Å². The molecule has 0 saturated heterocycles. The largest absolute Gasteiger partial charge is 0.497 e. The smallest absolute Gasteiger partial charge is 0.416 e. The molecule has 2 aromatic rings. The summed E-state index contributed by atoms with van der Waals surface area (Å²) < 4.78 is 9.93. The molecule has 0 bridgehead atoms. The number of nitrogens with one attached hydrogen (secondary N) is 1. The first-order valence-electron chi connectivity index (χ1n) is 4.55. The van der Waals surface area contributed by atoms with Gasteiger partial charge in [0.2, 0.25) is 0 Å². The molecule has 1 aromatic heterocycles. The molecule has 78 valence electrons. The van der Waals surface area contributed by atoms with Crippen LogP contribution in [0.15, 0.2) is 33.5 Å². The Morgan fingerprint density at radius 3 is 2.40 bits per heavy atom. The number of rotatable bonds is 2. The number of ether oxygens (including phenoxy) is 1. The molecule has 15 heavy (non-hydrogen) atoms. The summed E-state index contributed by atoms with van der Waals surface area (Å²) in [6, 6.07) is 7.40. The molecule has 0 aliphatic rings. The van der Waals surface area contributed by atoms with E-state index >= 15 is 0 Å². The zero-order valence-corrected chi connectivity index (χ0v) is 8.53. The predicted octanol–water partition coefficient (Wildman–Crippen LogP) is 1.95. The molecule has 0 radical (unpaired) electrons. The summed E-state index contributed by atoms with van der Waals surface area (Å²) >= 11 is 0. The second kappa shape index (κ2) is 3.65. The zero-order valence-electron chi connectivity index (χ0n) is 8.53. The maximum Gasteiger partial charge on any atom is 0.416 e. The highest BCUT2D eigenvalue weighted by atomic mass is 16.5. The number of methoxy groups -OCH3 is 1. The van der Waals surface area contributed by atoms with E-state index in [-0.39, 0.29) is 0 Å². The van der Waals surface area contributed by atoms with Crippen molar-refractivity contribution in [3.63, 3.8) is 0 Å². The molecule has 0 fully saturated rings. The lowest BCUT2D eigenvalue weighted by molar-refractivity contribution is 0.415. The first-order chi connectivity index (χ1) is 7.20. The number of aromatic amines is 1. The molecule has 1 heterocycles. The van der Waals surface area contributed by atoms with Crippen molar-refractivity contribution in [1.82, 2.24) is 4.98 Å². The number of oxazole rings is 1. The molecular formula is C11H11NO3. The van der Waals surface area contributed by atoms with Crippen molar-refractivity contribution in [2.75, 3.05) is 7.11 Å². The summed E-state index contributed by atoms with van der Waals surface area (Å²) in [7, 11) is 1.61. The number of hydrogen-bond acceptors (Lipinski definition) is 3. The summed E-state index contributed by atoms with van der Waals surface area (Å²) in [5, 5.41) is 0. The number of aryl methyl sites for hydroxylation is 1. The van der Waals surface area contributed by atoms with E-state index in [0.29, 0.717) is 11.5 Å². The van der Waals surface area contributed by atoms with Gasteiger partial charge >= 0.3 is 5.76 Å². The van der Waals surface area contributed by atoms with Crippen molar-refractivity contribution in [2.24, 2.45) is 0 Å². The highest BCUT2D eigenvalue weighted by Crippen LogP contribution is 2.22. The van der Waals surface area contributed by atoms with Gasteiger partial charge < -0.3 is 9.15 Å². The first-order valence-corrected chi connectivity index (χ1v) is 4.55. The zero-order chi connectivity index (χ0) is 10.8. The number of H-pyrrole nitrogens is 1. The van der Waals surface area contributed by atoms with E-state index in [9.17, 15) is 4.79 Å². The van der Waals surface area contributed by atoms with E-state index in [0.717, 1.165) is 11.3 Å². The second-order valence-electron chi connectivity index (χ2n) is 3.17. The van der Waals surface area contributed by atoms with Gasteiger partial charge in [-0.3, -0.25) is 4.98 Å². The highest BCUT2D eigenvalue weighted by Gasteiger charge is 2.07. The number of hydrogen-bond donors (Lipinski definition) is 1. The van der Waals surface area contributed by atoms with Crippen LogP contribution >= 0.6 is 0 Å². The summed E-state index contributed by atoms with van der Waals surface area (Å²) in [5.41, 5.74) is 1.61. The lowest BCUT2D eigenvalue weighted by Crippen LogP contribution is -1.94. The second-order valence-corrected chi connectivity index (χ2v) is 3.17. The lowest BCUT2D eigenvalue weighted by atomic mass is 10.1. The average molecular weight is 205 g/mol. The molecule has 0 saturated carbocycles. The van der Waals surface area contributed by atoms with Crippen LogP contribution in [0.2, 0.25) is 0 Å². The van der Waals surface area contributed by atoms with Gasteiger partial charge in [0, 0.05) is 5.56 Å². The fourth-order valence-corrected chi connectivity index (χ4v) is 1.44. The Hall–Kier alpha value is -1.97. The van der Waals surface area contributed by atoms with Gasteiger partial charge in [-0.25, -0.2) is 4.79 Å². The Kier molecular flexibility index (Phi) is 2.33. The lowest BCUT2D eigenvalue weighted by Gasteiger charge is -2.01. The normalized spacial score (nSPS) is 10.3. The van der Waals surface area contributed by atoms with E-state index in [2.05, 4.69) is 4.98 Å². The predicted molar refractivity (Wildman–Crippen MR) is 56.1 cm³/mol. The Morgan fingerprint density at radius 2 is 1.93 bits per heavy atom. The topological polar surface area (TPSA) is 55.2 Å².